The van der Waals surface area contributed by atoms with Crippen LogP contribution in [0.5, 0.6) is 0 Å². The monoisotopic (exact) mass is 280 g/mol. The Balaban J connectivity index is 3.14. The first-order valence-electron chi connectivity index (χ1n) is 8.93. The Morgan fingerprint density at radius 3 is 1.70 bits per heavy atom. The van der Waals surface area contributed by atoms with E-state index in [2.05, 4.69) is 13.5 Å². The maximum atomic E-state index is 11.7. The Hall–Kier alpha value is -0.590. The number of carbonyl (C=O) groups is 1. The van der Waals surface area contributed by atoms with Crippen LogP contribution in [0, 0.1) is 0 Å². The number of allylic oxidation sites excluding steroid dienone is 1. The van der Waals surface area contributed by atoms with E-state index in [1.807, 2.05) is 6.08 Å². The number of hydrogen-bond donors (Lipinski definition) is 0. The molecule has 0 aliphatic heterocycles. The Kier molecular flexibility index (Phi) is 16.0. The molecule has 0 saturated heterocycles. The van der Waals surface area contributed by atoms with E-state index in [0.29, 0.717) is 5.78 Å². The van der Waals surface area contributed by atoms with Crippen molar-refractivity contribution in [3.63, 3.8) is 0 Å². The van der Waals surface area contributed by atoms with E-state index in [9.17, 15) is 4.79 Å². The predicted octanol–water partition coefficient (Wildman–Crippen LogP) is 6.61. The van der Waals surface area contributed by atoms with E-state index in [0.717, 1.165) is 32.1 Å². The molecule has 118 valence electrons. The van der Waals surface area contributed by atoms with Gasteiger partial charge in [0.2, 0.25) is 0 Å². The smallest absolute Gasteiger partial charge is 0.132 e. The summed E-state index contributed by atoms with van der Waals surface area (Å²) in [4.78, 5) is 11.7. The molecule has 0 rings (SSSR count). The van der Waals surface area contributed by atoms with Crippen molar-refractivity contribution >= 4 is 5.78 Å². The normalized spacial score (nSPS) is 10.7. The fourth-order valence-electron chi connectivity index (χ4n) is 2.55. The molecule has 0 radical (unpaired) electrons. The highest BCUT2D eigenvalue weighted by molar-refractivity contribution is 5.78. The van der Waals surface area contributed by atoms with Gasteiger partial charge in [-0.3, -0.25) is 4.79 Å². The van der Waals surface area contributed by atoms with Crippen LogP contribution in [-0.4, -0.2) is 5.78 Å². The Labute approximate surface area is 127 Å². The van der Waals surface area contributed by atoms with Gasteiger partial charge in [0.25, 0.3) is 0 Å². The highest BCUT2D eigenvalue weighted by Crippen LogP contribution is 2.12. The maximum Gasteiger partial charge on any atom is 0.132 e. The molecular formula is C19H36O. The van der Waals surface area contributed by atoms with Crippen LogP contribution >= 0.6 is 0 Å². The van der Waals surface area contributed by atoms with Crippen LogP contribution in [0.25, 0.3) is 0 Å². The molecule has 0 aliphatic carbocycles. The highest BCUT2D eigenvalue weighted by atomic mass is 16.1. The minimum absolute atomic E-state index is 0.486. The summed E-state index contributed by atoms with van der Waals surface area (Å²) in [7, 11) is 0. The number of carbonyl (C=O) groups excluding carboxylic acids is 1. The lowest BCUT2D eigenvalue weighted by molar-refractivity contribution is -0.119. The van der Waals surface area contributed by atoms with Gasteiger partial charge in [-0.05, 0) is 25.7 Å². The standard InChI is InChI=1S/C19H36O/c1-3-5-7-9-11-12-14-16-18-19(20)17-15-13-10-8-6-4-2/h4H,2-3,5-18H2,1H3. The van der Waals surface area contributed by atoms with E-state index < -0.39 is 0 Å². The van der Waals surface area contributed by atoms with Gasteiger partial charge in [0.15, 0.2) is 0 Å². The molecule has 0 saturated carbocycles. The highest BCUT2D eigenvalue weighted by Gasteiger charge is 2.01. The molecule has 0 N–H and O–H groups in total. The van der Waals surface area contributed by atoms with Crippen LogP contribution < -0.4 is 0 Å². The first-order chi connectivity index (χ1) is 9.81. The van der Waals surface area contributed by atoms with E-state index in [4.69, 9.17) is 0 Å². The second-order valence-electron chi connectivity index (χ2n) is 6.01. The van der Waals surface area contributed by atoms with Crippen LogP contribution in [0.15, 0.2) is 12.7 Å². The van der Waals surface area contributed by atoms with Crippen molar-refractivity contribution in [1.82, 2.24) is 0 Å². The average Bonchev–Trinajstić information content (AvgIpc) is 2.45. The number of Topliss-reactive ketones (excluding diaryl/α,β-unsaturated/α-hetero) is 1. The van der Waals surface area contributed by atoms with Crippen LogP contribution in [-0.2, 0) is 4.79 Å². The third-order valence-electron chi connectivity index (χ3n) is 3.92. The summed E-state index contributed by atoms with van der Waals surface area (Å²) in [6.07, 6.45) is 20.0. The summed E-state index contributed by atoms with van der Waals surface area (Å²) >= 11 is 0. The SMILES string of the molecule is C=CCCCCCCC(=O)CCCCCCCCCC. The average molecular weight is 280 g/mol. The van der Waals surface area contributed by atoms with E-state index in [1.165, 1.54) is 64.2 Å². The Morgan fingerprint density at radius 1 is 0.750 bits per heavy atom. The number of unbranched alkanes of at least 4 members (excludes halogenated alkanes) is 11. The van der Waals surface area contributed by atoms with Crippen molar-refractivity contribution in [2.45, 2.75) is 103 Å². The van der Waals surface area contributed by atoms with Gasteiger partial charge >= 0.3 is 0 Å². The summed E-state index contributed by atoms with van der Waals surface area (Å²) in [6.45, 7) is 5.98. The van der Waals surface area contributed by atoms with Crippen LogP contribution in [0.2, 0.25) is 0 Å². The second-order valence-corrected chi connectivity index (χ2v) is 6.01. The van der Waals surface area contributed by atoms with Crippen LogP contribution in [0.4, 0.5) is 0 Å². The summed E-state index contributed by atoms with van der Waals surface area (Å²) < 4.78 is 0. The summed E-state index contributed by atoms with van der Waals surface area (Å²) in [5.74, 6) is 0.486. The fourth-order valence-corrected chi connectivity index (χ4v) is 2.55. The predicted molar refractivity (Wildman–Crippen MR) is 90.1 cm³/mol. The summed E-state index contributed by atoms with van der Waals surface area (Å²) in [5.41, 5.74) is 0. The van der Waals surface area contributed by atoms with Gasteiger partial charge < -0.3 is 0 Å². The first kappa shape index (κ1) is 19.4. The molecule has 0 aliphatic rings. The van der Waals surface area contributed by atoms with E-state index >= 15 is 0 Å². The van der Waals surface area contributed by atoms with Gasteiger partial charge in [-0.15, -0.1) is 6.58 Å². The third kappa shape index (κ3) is 15.5. The quantitative estimate of drug-likeness (QED) is 0.229. The molecule has 0 heterocycles. The van der Waals surface area contributed by atoms with Crippen molar-refractivity contribution in [2.24, 2.45) is 0 Å². The molecule has 1 nitrogen and oxygen atoms in total. The Bertz CT molecular complexity index is 220. The lowest BCUT2D eigenvalue weighted by Gasteiger charge is -2.02. The number of ketones is 1. The molecule has 0 aromatic rings. The lowest BCUT2D eigenvalue weighted by Crippen LogP contribution is -1.97. The van der Waals surface area contributed by atoms with E-state index in [-0.39, 0.29) is 0 Å². The zero-order valence-electron chi connectivity index (χ0n) is 13.8. The van der Waals surface area contributed by atoms with Gasteiger partial charge in [0.1, 0.15) is 5.78 Å². The van der Waals surface area contributed by atoms with Crippen molar-refractivity contribution in [1.29, 1.82) is 0 Å². The molecule has 0 amide bonds. The van der Waals surface area contributed by atoms with Crippen molar-refractivity contribution in [3.8, 4) is 0 Å². The Morgan fingerprint density at radius 2 is 1.20 bits per heavy atom. The van der Waals surface area contributed by atoms with Gasteiger partial charge in [0, 0.05) is 12.8 Å². The minimum atomic E-state index is 0.486. The summed E-state index contributed by atoms with van der Waals surface area (Å²) in [6, 6.07) is 0. The number of rotatable bonds is 16. The molecule has 0 atom stereocenters. The first-order valence-corrected chi connectivity index (χ1v) is 8.93. The molecule has 0 unspecified atom stereocenters. The molecule has 1 heteroatoms. The third-order valence-corrected chi connectivity index (χ3v) is 3.92. The molecule has 0 aromatic carbocycles. The van der Waals surface area contributed by atoms with Crippen molar-refractivity contribution < 1.29 is 4.79 Å². The fraction of sp³-hybridized carbons (Fsp3) is 0.842. The zero-order valence-corrected chi connectivity index (χ0v) is 13.8. The minimum Gasteiger partial charge on any atom is -0.300 e. The van der Waals surface area contributed by atoms with Crippen LogP contribution in [0.3, 0.4) is 0 Å². The van der Waals surface area contributed by atoms with Crippen molar-refractivity contribution in [3.05, 3.63) is 12.7 Å². The molecular weight excluding hydrogens is 244 g/mol. The van der Waals surface area contributed by atoms with Gasteiger partial charge in [0.05, 0.1) is 0 Å². The number of hydrogen-bond acceptors (Lipinski definition) is 1. The second kappa shape index (κ2) is 16.5. The topological polar surface area (TPSA) is 17.1 Å². The lowest BCUT2D eigenvalue weighted by atomic mass is 10.0. The van der Waals surface area contributed by atoms with Crippen molar-refractivity contribution in [2.75, 3.05) is 0 Å². The zero-order chi connectivity index (χ0) is 14.9. The van der Waals surface area contributed by atoms with Gasteiger partial charge in [-0.2, -0.15) is 0 Å². The van der Waals surface area contributed by atoms with Gasteiger partial charge in [-0.1, -0.05) is 70.8 Å². The molecule has 0 fully saturated rings. The largest absolute Gasteiger partial charge is 0.300 e. The summed E-state index contributed by atoms with van der Waals surface area (Å²) in [5, 5.41) is 0. The molecule has 0 bridgehead atoms. The molecule has 0 spiro atoms. The maximum absolute atomic E-state index is 11.7. The van der Waals surface area contributed by atoms with Gasteiger partial charge in [-0.25, -0.2) is 0 Å². The van der Waals surface area contributed by atoms with E-state index in [1.54, 1.807) is 0 Å². The molecule has 20 heavy (non-hydrogen) atoms. The molecule has 0 aromatic heterocycles. The van der Waals surface area contributed by atoms with Crippen LogP contribution in [0.1, 0.15) is 103 Å².